The maximum atomic E-state index is 11.9. The van der Waals surface area contributed by atoms with Crippen molar-refractivity contribution in [1.29, 1.82) is 0 Å². The van der Waals surface area contributed by atoms with Crippen molar-refractivity contribution in [1.82, 2.24) is 0 Å². The van der Waals surface area contributed by atoms with E-state index >= 15 is 0 Å². The third-order valence-electron chi connectivity index (χ3n) is 5.21. The zero-order chi connectivity index (χ0) is 18.8. The quantitative estimate of drug-likeness (QED) is 0.597. The Morgan fingerprint density at radius 2 is 1.50 bits per heavy atom. The van der Waals surface area contributed by atoms with Gasteiger partial charge in [-0.2, -0.15) is 0 Å². The van der Waals surface area contributed by atoms with Crippen molar-refractivity contribution in [2.45, 2.75) is 57.8 Å². The molecular weight excluding hydrogens is 340 g/mol. The van der Waals surface area contributed by atoms with Gasteiger partial charge >= 0.3 is 5.97 Å². The van der Waals surface area contributed by atoms with Gasteiger partial charge in [-0.3, -0.25) is 4.79 Å². The Hall–Kier alpha value is -1.91. The average molecular weight is 369 g/mol. The number of carbonyl (C=O) groups excluding carboxylic acids is 1. The van der Waals surface area contributed by atoms with Gasteiger partial charge in [0.05, 0.1) is 12.5 Å². The Morgan fingerprint density at radius 3 is 1.92 bits per heavy atom. The molecule has 0 N–H and O–H groups in total. The van der Waals surface area contributed by atoms with Crippen LogP contribution in [0.2, 0.25) is 5.04 Å². The van der Waals surface area contributed by atoms with Crippen molar-refractivity contribution in [3.05, 3.63) is 60.7 Å². The SMILES string of the molecule is CC[C@@H]1OC(=O)C[C@H]1O[Si](c1ccccc1)(c1ccccc1)C(C)(C)C. The molecule has 0 aromatic heterocycles. The average Bonchev–Trinajstić information content (AvgIpc) is 2.99. The van der Waals surface area contributed by atoms with Gasteiger partial charge in [0, 0.05) is 0 Å². The van der Waals surface area contributed by atoms with Crippen molar-refractivity contribution in [3.63, 3.8) is 0 Å². The Kier molecular flexibility index (Phi) is 5.35. The molecular formula is C22H28O3Si. The fourth-order valence-corrected chi connectivity index (χ4v) is 8.67. The number of hydrogen-bond donors (Lipinski definition) is 0. The van der Waals surface area contributed by atoms with Crippen LogP contribution in [0.5, 0.6) is 0 Å². The molecule has 1 aliphatic heterocycles. The molecule has 3 rings (SSSR count). The summed E-state index contributed by atoms with van der Waals surface area (Å²) in [4.78, 5) is 11.9. The highest BCUT2D eigenvalue weighted by Gasteiger charge is 2.53. The molecule has 1 heterocycles. The topological polar surface area (TPSA) is 35.5 Å². The maximum absolute atomic E-state index is 11.9. The highest BCUT2D eigenvalue weighted by Crippen LogP contribution is 2.39. The summed E-state index contributed by atoms with van der Waals surface area (Å²) in [6.07, 6.45) is 0.750. The minimum absolute atomic E-state index is 0.0976. The molecule has 2 aromatic rings. The lowest BCUT2D eigenvalue weighted by atomic mass is 10.1. The molecule has 3 nitrogen and oxygen atoms in total. The molecule has 2 atom stereocenters. The number of rotatable bonds is 5. The van der Waals surface area contributed by atoms with E-state index in [9.17, 15) is 4.79 Å². The first-order chi connectivity index (χ1) is 12.4. The van der Waals surface area contributed by atoms with Gasteiger partial charge in [-0.1, -0.05) is 88.4 Å². The van der Waals surface area contributed by atoms with Crippen molar-refractivity contribution in [2.24, 2.45) is 0 Å². The Balaban J connectivity index is 2.16. The number of esters is 1. The van der Waals surface area contributed by atoms with Crippen molar-refractivity contribution in [3.8, 4) is 0 Å². The molecule has 0 bridgehead atoms. The summed E-state index contributed by atoms with van der Waals surface area (Å²) in [5.74, 6) is -0.153. The van der Waals surface area contributed by atoms with E-state index in [1.54, 1.807) is 0 Å². The Morgan fingerprint density at radius 1 is 1.00 bits per heavy atom. The van der Waals surface area contributed by atoms with Crippen LogP contribution in [-0.2, 0) is 14.0 Å². The van der Waals surface area contributed by atoms with Crippen LogP contribution in [0.25, 0.3) is 0 Å². The standard InChI is InChI=1S/C22H28O3Si/c1-5-19-20(16-21(23)24-19)25-26(22(2,3)4,17-12-8-6-9-13-17)18-14-10-7-11-15-18/h6-15,19-20H,5,16H2,1-4H3/t19-,20+/m0/s1. The normalized spacial score (nSPS) is 20.8. The molecule has 0 spiro atoms. The molecule has 1 fully saturated rings. The predicted molar refractivity (Wildman–Crippen MR) is 107 cm³/mol. The van der Waals surface area contributed by atoms with Crippen molar-refractivity contribution in [2.75, 3.05) is 0 Å². The first-order valence-corrected chi connectivity index (χ1v) is 11.3. The summed E-state index contributed by atoms with van der Waals surface area (Å²) < 4.78 is 12.5. The lowest BCUT2D eigenvalue weighted by molar-refractivity contribution is -0.141. The van der Waals surface area contributed by atoms with Gasteiger partial charge in [0.15, 0.2) is 0 Å². The largest absolute Gasteiger partial charge is 0.460 e. The molecule has 0 unspecified atom stereocenters. The molecule has 138 valence electrons. The Labute approximate surface area is 157 Å². The predicted octanol–water partition coefficient (Wildman–Crippen LogP) is 3.66. The van der Waals surface area contributed by atoms with Gasteiger partial charge in [0.25, 0.3) is 8.32 Å². The first-order valence-electron chi connectivity index (χ1n) is 9.37. The minimum atomic E-state index is -2.63. The van der Waals surface area contributed by atoms with Crippen molar-refractivity contribution < 1.29 is 14.0 Å². The number of benzene rings is 2. The second-order valence-corrected chi connectivity index (χ2v) is 12.2. The van der Waals surface area contributed by atoms with Crippen LogP contribution in [0.15, 0.2) is 60.7 Å². The second kappa shape index (κ2) is 7.37. The van der Waals surface area contributed by atoms with E-state index < -0.39 is 8.32 Å². The summed E-state index contributed by atoms with van der Waals surface area (Å²) in [6.45, 7) is 8.79. The van der Waals surface area contributed by atoms with Crippen LogP contribution in [0.4, 0.5) is 0 Å². The molecule has 0 aliphatic carbocycles. The maximum Gasteiger partial charge on any atom is 0.308 e. The highest BCUT2D eigenvalue weighted by molar-refractivity contribution is 6.99. The van der Waals surface area contributed by atoms with Crippen LogP contribution < -0.4 is 10.4 Å². The van der Waals surface area contributed by atoms with E-state index in [2.05, 4.69) is 69.3 Å². The van der Waals surface area contributed by atoms with E-state index in [4.69, 9.17) is 9.16 Å². The van der Waals surface area contributed by atoms with E-state index in [0.717, 1.165) is 6.42 Å². The van der Waals surface area contributed by atoms with E-state index in [1.807, 2.05) is 19.1 Å². The monoisotopic (exact) mass is 368 g/mol. The fourth-order valence-electron chi connectivity index (χ4n) is 3.97. The third kappa shape index (κ3) is 3.36. The van der Waals surface area contributed by atoms with E-state index in [0.29, 0.717) is 6.42 Å². The van der Waals surface area contributed by atoms with Gasteiger partial charge in [0.2, 0.25) is 0 Å². The van der Waals surface area contributed by atoms with Crippen LogP contribution in [0, 0.1) is 0 Å². The van der Waals surface area contributed by atoms with Crippen molar-refractivity contribution >= 4 is 24.7 Å². The van der Waals surface area contributed by atoms with E-state index in [-0.39, 0.29) is 23.2 Å². The van der Waals surface area contributed by atoms with Crippen LogP contribution >= 0.6 is 0 Å². The molecule has 0 saturated carbocycles. The molecule has 26 heavy (non-hydrogen) atoms. The van der Waals surface area contributed by atoms with Gasteiger partial charge < -0.3 is 9.16 Å². The van der Waals surface area contributed by atoms with E-state index in [1.165, 1.54) is 10.4 Å². The third-order valence-corrected chi connectivity index (χ3v) is 10.3. The minimum Gasteiger partial charge on any atom is -0.460 e. The molecule has 1 saturated heterocycles. The second-order valence-electron chi connectivity index (χ2n) is 7.96. The zero-order valence-corrected chi connectivity index (χ0v) is 17.1. The van der Waals surface area contributed by atoms with Gasteiger partial charge in [-0.25, -0.2) is 0 Å². The number of cyclic esters (lactones) is 1. The smallest absolute Gasteiger partial charge is 0.308 e. The number of hydrogen-bond acceptors (Lipinski definition) is 3. The van der Waals surface area contributed by atoms with Crippen LogP contribution in [0.1, 0.15) is 40.5 Å². The summed E-state index contributed by atoms with van der Waals surface area (Å²) in [5, 5.41) is 2.36. The number of carbonyl (C=O) groups is 1. The molecule has 1 aliphatic rings. The van der Waals surface area contributed by atoms with Crippen LogP contribution in [-0.4, -0.2) is 26.5 Å². The summed E-state index contributed by atoms with van der Waals surface area (Å²) in [6, 6.07) is 21.0. The summed E-state index contributed by atoms with van der Waals surface area (Å²) in [5.41, 5.74) is 0. The zero-order valence-electron chi connectivity index (χ0n) is 16.1. The molecule has 0 radical (unpaired) electrons. The van der Waals surface area contributed by atoms with Crippen LogP contribution in [0.3, 0.4) is 0 Å². The Bertz CT molecular complexity index is 697. The lowest BCUT2D eigenvalue weighted by Crippen LogP contribution is -2.68. The summed E-state index contributed by atoms with van der Waals surface area (Å²) >= 11 is 0. The first kappa shape index (κ1) is 18.9. The lowest BCUT2D eigenvalue weighted by Gasteiger charge is -2.45. The summed E-state index contributed by atoms with van der Waals surface area (Å²) in [7, 11) is -2.63. The van der Waals surface area contributed by atoms with Gasteiger partial charge in [-0.15, -0.1) is 0 Å². The molecule has 4 heteroatoms. The molecule has 0 amide bonds. The fraction of sp³-hybridized carbons (Fsp3) is 0.409. The highest BCUT2D eigenvalue weighted by atomic mass is 28.4. The van der Waals surface area contributed by atoms with Gasteiger partial charge in [0.1, 0.15) is 6.10 Å². The van der Waals surface area contributed by atoms with Gasteiger partial charge in [-0.05, 0) is 21.8 Å². The molecule has 2 aromatic carbocycles. The number of ether oxygens (including phenoxy) is 1.